The van der Waals surface area contributed by atoms with Crippen LogP contribution in [0.15, 0.2) is 36.8 Å². The van der Waals surface area contributed by atoms with Crippen LogP contribution in [0.1, 0.15) is 12.0 Å². The second kappa shape index (κ2) is 5.28. The Morgan fingerprint density at radius 3 is 2.82 bits per heavy atom. The van der Waals surface area contributed by atoms with Gasteiger partial charge in [-0.25, -0.2) is 13.8 Å². The van der Waals surface area contributed by atoms with E-state index < -0.39 is 0 Å². The van der Waals surface area contributed by atoms with Crippen LogP contribution in [-0.4, -0.2) is 40.0 Å². The maximum Gasteiger partial charge on any atom is 0.165 e. The number of halogens is 2. The molecule has 0 aliphatic carbocycles. The first-order chi connectivity index (χ1) is 10.7. The average molecular weight is 302 g/mol. The van der Waals surface area contributed by atoms with Crippen molar-refractivity contribution in [3.63, 3.8) is 0 Å². The van der Waals surface area contributed by atoms with Crippen LogP contribution in [0.3, 0.4) is 0 Å². The highest BCUT2D eigenvalue weighted by Crippen LogP contribution is 2.35. The summed E-state index contributed by atoms with van der Waals surface area (Å²) < 4.78 is 27.1. The van der Waals surface area contributed by atoms with E-state index in [2.05, 4.69) is 19.8 Å². The Balaban J connectivity index is 1.47. The number of rotatable bonds is 3. The third kappa shape index (κ3) is 2.33. The number of nitrogens with zero attached hydrogens (tertiary/aromatic N) is 4. The molecule has 0 N–H and O–H groups in total. The molecule has 2 aromatic heterocycles. The molecule has 22 heavy (non-hydrogen) atoms. The smallest absolute Gasteiger partial charge is 0.165 e. The van der Waals surface area contributed by atoms with Crippen molar-refractivity contribution in [3.05, 3.63) is 54.0 Å². The second-order valence-electron chi connectivity index (χ2n) is 5.95. The van der Waals surface area contributed by atoms with Crippen LogP contribution in [0.4, 0.5) is 14.6 Å². The molecule has 2 bridgehead atoms. The molecule has 2 aliphatic heterocycles. The summed E-state index contributed by atoms with van der Waals surface area (Å²) in [6.45, 7) is 2.29. The van der Waals surface area contributed by atoms with Crippen molar-refractivity contribution in [1.82, 2.24) is 14.9 Å². The number of hydrogen-bond donors (Lipinski definition) is 0. The van der Waals surface area contributed by atoms with Gasteiger partial charge in [0.15, 0.2) is 11.6 Å². The summed E-state index contributed by atoms with van der Waals surface area (Å²) in [5.41, 5.74) is 0.878. The number of pyridine rings is 2. The molecular formula is C16H16F2N4. The summed E-state index contributed by atoms with van der Waals surface area (Å²) >= 11 is 0. The highest BCUT2D eigenvalue weighted by Gasteiger charge is 2.44. The number of hydrogen-bond acceptors (Lipinski definition) is 4. The topological polar surface area (TPSA) is 32.3 Å². The first kappa shape index (κ1) is 13.6. The van der Waals surface area contributed by atoms with Gasteiger partial charge in [-0.1, -0.05) is 0 Å². The summed E-state index contributed by atoms with van der Waals surface area (Å²) in [6.07, 6.45) is 5.54. The van der Waals surface area contributed by atoms with Crippen molar-refractivity contribution in [2.75, 3.05) is 18.0 Å². The van der Waals surface area contributed by atoms with E-state index in [1.54, 1.807) is 18.5 Å². The lowest BCUT2D eigenvalue weighted by Crippen LogP contribution is -2.46. The van der Waals surface area contributed by atoms with Gasteiger partial charge in [-0.3, -0.25) is 9.88 Å². The number of fused-ring (bicyclic) bond motifs is 2. The fraction of sp³-hybridized carbons (Fsp3) is 0.375. The molecular weight excluding hydrogens is 286 g/mol. The van der Waals surface area contributed by atoms with Crippen LogP contribution in [0, 0.1) is 11.6 Å². The minimum atomic E-state index is -0.306. The van der Waals surface area contributed by atoms with Gasteiger partial charge < -0.3 is 4.90 Å². The lowest BCUT2D eigenvalue weighted by molar-refractivity contribution is 0.229. The fourth-order valence-corrected chi connectivity index (χ4v) is 3.57. The third-order valence-electron chi connectivity index (χ3n) is 4.51. The SMILES string of the molecule is Fc1cncc(CN2CC3CC2CN3c2ncccc2F)c1. The minimum Gasteiger partial charge on any atom is -0.348 e. The van der Waals surface area contributed by atoms with Gasteiger partial charge in [0.2, 0.25) is 0 Å². The van der Waals surface area contributed by atoms with E-state index in [0.29, 0.717) is 18.4 Å². The summed E-state index contributed by atoms with van der Waals surface area (Å²) in [6, 6.07) is 5.21. The summed E-state index contributed by atoms with van der Waals surface area (Å²) in [5.74, 6) is -0.128. The van der Waals surface area contributed by atoms with Crippen molar-refractivity contribution in [2.24, 2.45) is 0 Å². The van der Waals surface area contributed by atoms with Crippen LogP contribution in [-0.2, 0) is 6.54 Å². The molecule has 2 aliphatic rings. The van der Waals surface area contributed by atoms with Crippen LogP contribution < -0.4 is 4.90 Å². The molecule has 4 heterocycles. The van der Waals surface area contributed by atoms with E-state index in [-0.39, 0.29) is 17.7 Å². The zero-order valence-electron chi connectivity index (χ0n) is 12.0. The van der Waals surface area contributed by atoms with Crippen molar-refractivity contribution >= 4 is 5.82 Å². The second-order valence-corrected chi connectivity index (χ2v) is 5.95. The zero-order chi connectivity index (χ0) is 15.1. The molecule has 2 atom stereocenters. The molecule has 0 aromatic carbocycles. The molecule has 114 valence electrons. The number of piperazine rings is 1. The highest BCUT2D eigenvalue weighted by atomic mass is 19.1. The van der Waals surface area contributed by atoms with Crippen molar-refractivity contribution in [1.29, 1.82) is 0 Å². The van der Waals surface area contributed by atoms with E-state index in [9.17, 15) is 8.78 Å². The molecule has 6 heteroatoms. The minimum absolute atomic E-state index is 0.268. The van der Waals surface area contributed by atoms with Gasteiger partial charge >= 0.3 is 0 Å². The molecule has 2 saturated heterocycles. The van der Waals surface area contributed by atoms with Crippen LogP contribution in [0.2, 0.25) is 0 Å². The van der Waals surface area contributed by atoms with Crippen LogP contribution >= 0.6 is 0 Å². The maximum absolute atomic E-state index is 13.9. The van der Waals surface area contributed by atoms with Gasteiger partial charge in [-0.15, -0.1) is 0 Å². The lowest BCUT2D eigenvalue weighted by Gasteiger charge is -2.34. The van der Waals surface area contributed by atoms with E-state index in [4.69, 9.17) is 0 Å². The molecule has 0 spiro atoms. The Hall–Kier alpha value is -2.08. The van der Waals surface area contributed by atoms with Crippen molar-refractivity contribution in [3.8, 4) is 0 Å². The van der Waals surface area contributed by atoms with E-state index in [0.717, 1.165) is 25.1 Å². The quantitative estimate of drug-likeness (QED) is 0.870. The summed E-state index contributed by atoms with van der Waals surface area (Å²) in [7, 11) is 0. The molecule has 2 unspecified atom stereocenters. The maximum atomic E-state index is 13.9. The van der Waals surface area contributed by atoms with Crippen molar-refractivity contribution < 1.29 is 8.78 Å². The first-order valence-corrected chi connectivity index (χ1v) is 7.41. The van der Waals surface area contributed by atoms with Gasteiger partial charge in [0.05, 0.1) is 6.20 Å². The normalized spacial score (nSPS) is 24.2. The van der Waals surface area contributed by atoms with Crippen molar-refractivity contribution in [2.45, 2.75) is 25.0 Å². The first-order valence-electron chi connectivity index (χ1n) is 7.41. The average Bonchev–Trinajstić information content (AvgIpc) is 3.08. The van der Waals surface area contributed by atoms with Gasteiger partial charge in [0.1, 0.15) is 5.82 Å². The standard InChI is InChI=1S/C16H16F2N4/c17-12-4-11(6-19-7-12)8-21-9-14-5-13(21)10-22(14)16-15(18)2-1-3-20-16/h1-4,6-7,13-14H,5,8-10H2. The van der Waals surface area contributed by atoms with E-state index in [1.165, 1.54) is 18.3 Å². The molecule has 4 rings (SSSR count). The Labute approximate surface area is 127 Å². The molecule has 0 saturated carbocycles. The Kier molecular flexibility index (Phi) is 3.26. The molecule has 0 radical (unpaired) electrons. The van der Waals surface area contributed by atoms with Crippen LogP contribution in [0.25, 0.3) is 0 Å². The largest absolute Gasteiger partial charge is 0.348 e. The molecule has 2 aromatic rings. The van der Waals surface area contributed by atoms with Gasteiger partial charge in [-0.2, -0.15) is 0 Å². The predicted molar refractivity (Wildman–Crippen MR) is 78.3 cm³/mol. The highest BCUT2D eigenvalue weighted by molar-refractivity contribution is 5.44. The van der Waals surface area contributed by atoms with Crippen LogP contribution in [0.5, 0.6) is 0 Å². The number of aromatic nitrogens is 2. The van der Waals surface area contributed by atoms with Gasteiger partial charge in [0, 0.05) is 44.1 Å². The molecule has 4 nitrogen and oxygen atoms in total. The Morgan fingerprint density at radius 1 is 1.18 bits per heavy atom. The zero-order valence-corrected chi connectivity index (χ0v) is 12.0. The monoisotopic (exact) mass is 302 g/mol. The Morgan fingerprint density at radius 2 is 2.09 bits per heavy atom. The van der Waals surface area contributed by atoms with E-state index in [1.807, 2.05) is 0 Å². The Bertz CT molecular complexity index is 693. The van der Waals surface area contributed by atoms with Gasteiger partial charge in [0.25, 0.3) is 0 Å². The fourth-order valence-electron chi connectivity index (χ4n) is 3.57. The summed E-state index contributed by atoms with van der Waals surface area (Å²) in [5, 5.41) is 0. The van der Waals surface area contributed by atoms with Gasteiger partial charge in [-0.05, 0) is 30.2 Å². The molecule has 0 amide bonds. The number of anilines is 1. The predicted octanol–water partition coefficient (Wildman–Crippen LogP) is 2.22. The third-order valence-corrected chi connectivity index (χ3v) is 4.51. The molecule has 2 fully saturated rings. The lowest BCUT2D eigenvalue weighted by atomic mass is 10.2. The summed E-state index contributed by atoms with van der Waals surface area (Å²) in [4.78, 5) is 12.4. The van der Waals surface area contributed by atoms with E-state index >= 15 is 0 Å². The number of likely N-dealkylation sites (tertiary alicyclic amines) is 1.